The molecule has 0 aliphatic heterocycles. The molecule has 0 saturated carbocycles. The molecule has 1 unspecified atom stereocenters. The smallest absolute Gasteiger partial charge is 0.230 e. The van der Waals surface area contributed by atoms with Gasteiger partial charge in [0.1, 0.15) is 0 Å². The Balaban J connectivity index is 1.76. The zero-order valence-electron chi connectivity index (χ0n) is 13.0. The second kappa shape index (κ2) is 8.58. The van der Waals surface area contributed by atoms with Crippen molar-refractivity contribution in [3.8, 4) is 0 Å². The summed E-state index contributed by atoms with van der Waals surface area (Å²) < 4.78 is 0. The molecular formula is C16H22N4OS. The Kier molecular flexibility index (Phi) is 6.45. The van der Waals surface area contributed by atoms with Crippen LogP contribution in [0.25, 0.3) is 0 Å². The summed E-state index contributed by atoms with van der Waals surface area (Å²) in [7, 11) is 0. The minimum Gasteiger partial charge on any atom is -0.350 e. The Morgan fingerprint density at radius 1 is 1.23 bits per heavy atom. The Hall–Kier alpha value is -1.82. The van der Waals surface area contributed by atoms with Crippen molar-refractivity contribution in [3.63, 3.8) is 0 Å². The number of hydrogen-bond acceptors (Lipinski definition) is 4. The molecule has 0 saturated heterocycles. The van der Waals surface area contributed by atoms with Crippen molar-refractivity contribution in [1.82, 2.24) is 20.3 Å². The zero-order valence-corrected chi connectivity index (χ0v) is 13.8. The van der Waals surface area contributed by atoms with Crippen molar-refractivity contribution in [3.05, 3.63) is 48.3 Å². The third-order valence-electron chi connectivity index (χ3n) is 3.32. The highest BCUT2D eigenvalue weighted by Gasteiger charge is 2.17. The normalized spacial score (nSPS) is 12.3. The van der Waals surface area contributed by atoms with Gasteiger partial charge in [-0.3, -0.25) is 4.79 Å². The van der Waals surface area contributed by atoms with Crippen molar-refractivity contribution >= 4 is 17.7 Å². The van der Waals surface area contributed by atoms with Gasteiger partial charge in [0, 0.05) is 5.75 Å². The van der Waals surface area contributed by atoms with E-state index < -0.39 is 0 Å². The summed E-state index contributed by atoms with van der Waals surface area (Å²) in [4.78, 5) is 13.7. The van der Waals surface area contributed by atoms with Gasteiger partial charge in [-0.2, -0.15) is 15.0 Å². The molecule has 1 aromatic heterocycles. The molecule has 0 bridgehead atoms. The van der Waals surface area contributed by atoms with E-state index in [1.54, 1.807) is 29.0 Å². The Morgan fingerprint density at radius 2 is 1.91 bits per heavy atom. The monoisotopic (exact) mass is 318 g/mol. The van der Waals surface area contributed by atoms with E-state index in [4.69, 9.17) is 0 Å². The fourth-order valence-corrected chi connectivity index (χ4v) is 2.82. The first-order valence-corrected chi connectivity index (χ1v) is 8.55. The molecule has 22 heavy (non-hydrogen) atoms. The molecule has 1 atom stereocenters. The van der Waals surface area contributed by atoms with E-state index in [1.165, 1.54) is 5.56 Å². The number of benzene rings is 1. The van der Waals surface area contributed by atoms with Gasteiger partial charge in [-0.15, -0.1) is 11.8 Å². The van der Waals surface area contributed by atoms with Crippen LogP contribution in [-0.2, 0) is 17.1 Å². The van der Waals surface area contributed by atoms with Gasteiger partial charge < -0.3 is 5.32 Å². The number of carbonyl (C=O) groups is 1. The molecule has 2 rings (SSSR count). The molecule has 118 valence electrons. The maximum absolute atomic E-state index is 12.1. The topological polar surface area (TPSA) is 59.8 Å². The maximum Gasteiger partial charge on any atom is 0.230 e. The summed E-state index contributed by atoms with van der Waals surface area (Å²) in [5.41, 5.74) is 1.24. The largest absolute Gasteiger partial charge is 0.350 e. The first-order valence-electron chi connectivity index (χ1n) is 7.40. The predicted octanol–water partition coefficient (Wildman–Crippen LogP) is 2.35. The molecule has 0 aliphatic rings. The fraction of sp³-hybridized carbons (Fsp3) is 0.438. The highest BCUT2D eigenvalue weighted by molar-refractivity contribution is 7.99. The minimum absolute atomic E-state index is 0.0391. The lowest BCUT2D eigenvalue weighted by atomic mass is 10.0. The predicted molar refractivity (Wildman–Crippen MR) is 89.4 cm³/mol. The average Bonchev–Trinajstić information content (AvgIpc) is 3.00. The van der Waals surface area contributed by atoms with E-state index in [0.717, 1.165) is 5.75 Å². The number of amides is 1. The number of hydrogen-bond donors (Lipinski definition) is 1. The highest BCUT2D eigenvalue weighted by atomic mass is 32.2. The van der Waals surface area contributed by atoms with E-state index in [9.17, 15) is 4.79 Å². The van der Waals surface area contributed by atoms with Crippen LogP contribution in [0.4, 0.5) is 0 Å². The third-order valence-corrected chi connectivity index (χ3v) is 4.33. The minimum atomic E-state index is 0.0391. The zero-order chi connectivity index (χ0) is 15.8. The molecule has 0 fully saturated rings. The third kappa shape index (κ3) is 5.52. The molecule has 6 heteroatoms. The molecule has 1 aromatic carbocycles. The molecule has 1 amide bonds. The summed E-state index contributed by atoms with van der Waals surface area (Å²) in [6.45, 7) is 4.77. The lowest BCUT2D eigenvalue weighted by molar-refractivity contribution is -0.119. The molecule has 0 aliphatic carbocycles. The number of aromatic nitrogens is 3. The van der Waals surface area contributed by atoms with Crippen LogP contribution in [0.5, 0.6) is 0 Å². The summed E-state index contributed by atoms with van der Waals surface area (Å²) >= 11 is 1.63. The van der Waals surface area contributed by atoms with Crippen LogP contribution in [0.1, 0.15) is 19.4 Å². The molecule has 2 aromatic rings. The summed E-state index contributed by atoms with van der Waals surface area (Å²) in [5, 5.41) is 11.3. The van der Waals surface area contributed by atoms with E-state index in [1.807, 2.05) is 18.2 Å². The lowest BCUT2D eigenvalue weighted by Gasteiger charge is -2.21. The van der Waals surface area contributed by atoms with Crippen LogP contribution >= 0.6 is 11.8 Å². The Labute approximate surface area is 135 Å². The summed E-state index contributed by atoms with van der Waals surface area (Å²) in [6, 6.07) is 10.2. The Bertz CT molecular complexity index is 557. The van der Waals surface area contributed by atoms with Crippen molar-refractivity contribution in [1.29, 1.82) is 0 Å². The van der Waals surface area contributed by atoms with Crippen LogP contribution in [0.15, 0.2) is 42.7 Å². The van der Waals surface area contributed by atoms with Gasteiger partial charge in [-0.1, -0.05) is 44.2 Å². The van der Waals surface area contributed by atoms with E-state index in [2.05, 4.69) is 41.5 Å². The fourth-order valence-electron chi connectivity index (χ4n) is 2.02. The molecule has 1 N–H and O–H groups in total. The van der Waals surface area contributed by atoms with Crippen molar-refractivity contribution in [2.24, 2.45) is 5.92 Å². The van der Waals surface area contributed by atoms with Crippen molar-refractivity contribution in [2.45, 2.75) is 32.2 Å². The first-order chi connectivity index (χ1) is 10.6. The summed E-state index contributed by atoms with van der Waals surface area (Å²) in [5.74, 6) is 1.70. The van der Waals surface area contributed by atoms with Gasteiger partial charge in [-0.25, -0.2) is 0 Å². The van der Waals surface area contributed by atoms with Crippen LogP contribution in [0.3, 0.4) is 0 Å². The quantitative estimate of drug-likeness (QED) is 0.811. The van der Waals surface area contributed by atoms with Crippen molar-refractivity contribution in [2.75, 3.05) is 5.75 Å². The molecule has 0 spiro atoms. The molecule has 1 heterocycles. The average molecular weight is 318 g/mol. The molecule has 0 radical (unpaired) electrons. The van der Waals surface area contributed by atoms with Crippen LogP contribution in [0.2, 0.25) is 0 Å². The van der Waals surface area contributed by atoms with Gasteiger partial charge in [0.05, 0.1) is 30.7 Å². The first kappa shape index (κ1) is 16.5. The van der Waals surface area contributed by atoms with Gasteiger partial charge in [0.25, 0.3) is 0 Å². The van der Waals surface area contributed by atoms with Crippen LogP contribution in [0, 0.1) is 5.92 Å². The Morgan fingerprint density at radius 3 is 2.55 bits per heavy atom. The van der Waals surface area contributed by atoms with E-state index in [0.29, 0.717) is 18.2 Å². The SMILES string of the molecule is CC(C)C(Cn1nccn1)NC(=O)CSCc1ccccc1. The molecular weight excluding hydrogens is 296 g/mol. The second-order valence-electron chi connectivity index (χ2n) is 5.48. The van der Waals surface area contributed by atoms with Crippen LogP contribution in [-0.4, -0.2) is 32.7 Å². The second-order valence-corrected chi connectivity index (χ2v) is 6.47. The van der Waals surface area contributed by atoms with Crippen LogP contribution < -0.4 is 5.32 Å². The summed E-state index contributed by atoms with van der Waals surface area (Å²) in [6.07, 6.45) is 3.30. The number of rotatable bonds is 8. The number of nitrogens with one attached hydrogen (secondary N) is 1. The van der Waals surface area contributed by atoms with E-state index in [-0.39, 0.29) is 11.9 Å². The van der Waals surface area contributed by atoms with Crippen molar-refractivity contribution < 1.29 is 4.79 Å². The number of carbonyl (C=O) groups excluding carboxylic acids is 1. The lowest BCUT2D eigenvalue weighted by Crippen LogP contribution is -2.42. The molecule has 5 nitrogen and oxygen atoms in total. The van der Waals surface area contributed by atoms with Gasteiger partial charge in [0.2, 0.25) is 5.91 Å². The number of thioether (sulfide) groups is 1. The van der Waals surface area contributed by atoms with Gasteiger partial charge >= 0.3 is 0 Å². The maximum atomic E-state index is 12.1. The van der Waals surface area contributed by atoms with Gasteiger partial charge in [-0.05, 0) is 11.5 Å². The number of nitrogens with zero attached hydrogens (tertiary/aromatic N) is 3. The van der Waals surface area contributed by atoms with Gasteiger partial charge in [0.15, 0.2) is 0 Å². The standard InChI is InChI=1S/C16H22N4OS/c1-13(2)15(10-20-17-8-9-18-20)19-16(21)12-22-11-14-6-4-3-5-7-14/h3-9,13,15H,10-12H2,1-2H3,(H,19,21). The highest BCUT2D eigenvalue weighted by Crippen LogP contribution is 2.12. The van der Waals surface area contributed by atoms with E-state index >= 15 is 0 Å².